The van der Waals surface area contributed by atoms with Crippen LogP contribution in [-0.4, -0.2) is 9.78 Å². The van der Waals surface area contributed by atoms with Gasteiger partial charge in [-0.05, 0) is 40.8 Å². The zero-order valence-electron chi connectivity index (χ0n) is 6.83. The van der Waals surface area contributed by atoms with E-state index in [1.807, 2.05) is 0 Å². The quantitative estimate of drug-likeness (QED) is 0.819. The van der Waals surface area contributed by atoms with Crippen LogP contribution in [0.3, 0.4) is 0 Å². The Bertz CT molecular complexity index is 386. The highest BCUT2D eigenvalue weighted by Gasteiger charge is 2.23. The Hall–Kier alpha value is -0.350. The van der Waals surface area contributed by atoms with Crippen LogP contribution >= 0.6 is 27.5 Å². The van der Waals surface area contributed by atoms with Crippen LogP contribution < -0.4 is 5.56 Å². The Morgan fingerprint density at radius 3 is 3.00 bits per heavy atom. The molecule has 0 spiro atoms. The Balaban J connectivity index is 2.36. The van der Waals surface area contributed by atoms with Crippen LogP contribution in [0.2, 0.25) is 5.15 Å². The lowest BCUT2D eigenvalue weighted by Crippen LogP contribution is -2.24. The minimum absolute atomic E-state index is 0.101. The molecule has 2 rings (SSSR count). The van der Waals surface area contributed by atoms with Crippen LogP contribution in [0.25, 0.3) is 0 Å². The predicted octanol–water partition coefficient (Wildman–Crippen LogP) is 2.07. The van der Waals surface area contributed by atoms with Gasteiger partial charge in [-0.1, -0.05) is 11.6 Å². The summed E-state index contributed by atoms with van der Waals surface area (Å²) in [4.78, 5) is 11.5. The molecule has 0 aliphatic heterocycles. The molecule has 1 aromatic rings. The normalized spacial score (nSPS) is 16.2. The number of aromatic nitrogens is 2. The minimum atomic E-state index is -0.101. The third-order valence-electron chi connectivity index (χ3n) is 2.03. The molecule has 1 aliphatic rings. The lowest BCUT2D eigenvalue weighted by atomic mass is 10.4. The summed E-state index contributed by atoms with van der Waals surface area (Å²) in [5, 5.41) is 4.31. The molecule has 0 radical (unpaired) electrons. The molecule has 1 aromatic heterocycles. The van der Waals surface area contributed by atoms with Crippen molar-refractivity contribution in [3.05, 3.63) is 26.0 Å². The average Bonchev–Trinajstić information content (AvgIpc) is 2.83. The third kappa shape index (κ3) is 2.11. The monoisotopic (exact) mass is 262 g/mol. The van der Waals surface area contributed by atoms with E-state index in [1.54, 1.807) is 0 Å². The van der Waals surface area contributed by atoms with Crippen LogP contribution in [0.5, 0.6) is 0 Å². The fourth-order valence-electron chi connectivity index (χ4n) is 1.15. The van der Waals surface area contributed by atoms with Crippen molar-refractivity contribution in [3.8, 4) is 0 Å². The summed E-state index contributed by atoms with van der Waals surface area (Å²) in [5.41, 5.74) is -0.101. The van der Waals surface area contributed by atoms with Crippen LogP contribution in [0.4, 0.5) is 0 Å². The first-order chi connectivity index (χ1) is 6.16. The molecule has 13 heavy (non-hydrogen) atoms. The average molecular weight is 264 g/mol. The topological polar surface area (TPSA) is 34.9 Å². The van der Waals surface area contributed by atoms with Gasteiger partial charge in [-0.2, -0.15) is 5.10 Å². The molecule has 3 nitrogen and oxygen atoms in total. The fourth-order valence-corrected chi connectivity index (χ4v) is 1.90. The van der Waals surface area contributed by atoms with Gasteiger partial charge in [-0.25, -0.2) is 4.68 Å². The maximum Gasteiger partial charge on any atom is 0.281 e. The summed E-state index contributed by atoms with van der Waals surface area (Å²) in [6.07, 6.45) is 2.39. The van der Waals surface area contributed by atoms with Crippen molar-refractivity contribution in [2.24, 2.45) is 5.92 Å². The predicted molar refractivity (Wildman–Crippen MR) is 53.9 cm³/mol. The van der Waals surface area contributed by atoms with Gasteiger partial charge in [0.1, 0.15) is 0 Å². The van der Waals surface area contributed by atoms with Gasteiger partial charge < -0.3 is 0 Å². The highest BCUT2D eigenvalue weighted by molar-refractivity contribution is 9.10. The Morgan fingerprint density at radius 1 is 1.69 bits per heavy atom. The maximum absolute atomic E-state index is 11.5. The minimum Gasteiger partial charge on any atom is -0.267 e. The first-order valence-electron chi connectivity index (χ1n) is 4.10. The Kier molecular flexibility index (Phi) is 2.43. The van der Waals surface area contributed by atoms with E-state index in [9.17, 15) is 4.79 Å². The SMILES string of the molecule is O=c1c(Br)cc(Cl)nn1CC1CC1. The van der Waals surface area contributed by atoms with E-state index in [4.69, 9.17) is 11.6 Å². The molecule has 0 aromatic carbocycles. The molecule has 0 N–H and O–H groups in total. The largest absolute Gasteiger partial charge is 0.281 e. The zero-order valence-corrected chi connectivity index (χ0v) is 9.18. The van der Waals surface area contributed by atoms with Gasteiger partial charge in [0.15, 0.2) is 5.15 Å². The van der Waals surface area contributed by atoms with Gasteiger partial charge in [-0.15, -0.1) is 0 Å². The van der Waals surface area contributed by atoms with Crippen molar-refractivity contribution >= 4 is 27.5 Å². The van der Waals surface area contributed by atoms with Crippen molar-refractivity contribution in [2.45, 2.75) is 19.4 Å². The van der Waals surface area contributed by atoms with Crippen molar-refractivity contribution in [3.63, 3.8) is 0 Å². The van der Waals surface area contributed by atoms with E-state index in [1.165, 1.54) is 23.6 Å². The molecule has 1 heterocycles. The highest BCUT2D eigenvalue weighted by Crippen LogP contribution is 2.30. The number of rotatable bonds is 2. The van der Waals surface area contributed by atoms with Gasteiger partial charge in [0.05, 0.1) is 4.47 Å². The van der Waals surface area contributed by atoms with Crippen molar-refractivity contribution in [1.82, 2.24) is 9.78 Å². The molecule has 0 unspecified atom stereocenters. The number of hydrogen-bond acceptors (Lipinski definition) is 2. The molecule has 0 atom stereocenters. The first-order valence-corrected chi connectivity index (χ1v) is 5.27. The second kappa shape index (κ2) is 3.42. The van der Waals surface area contributed by atoms with Gasteiger partial charge >= 0.3 is 0 Å². The summed E-state index contributed by atoms with van der Waals surface area (Å²) in [6, 6.07) is 1.52. The molecular formula is C8H8BrClN2O. The van der Waals surface area contributed by atoms with Gasteiger partial charge in [-0.3, -0.25) is 4.79 Å². The Labute approximate surface area is 88.8 Å². The molecule has 0 saturated heterocycles. The molecule has 1 saturated carbocycles. The van der Waals surface area contributed by atoms with Crippen LogP contribution in [0.1, 0.15) is 12.8 Å². The third-order valence-corrected chi connectivity index (χ3v) is 2.78. The Morgan fingerprint density at radius 2 is 2.38 bits per heavy atom. The summed E-state index contributed by atoms with van der Waals surface area (Å²) in [5.74, 6) is 0.621. The standard InChI is InChI=1S/C8H8BrClN2O/c9-6-3-7(10)11-12(8(6)13)4-5-1-2-5/h3,5H,1-2,4H2. The van der Waals surface area contributed by atoms with Gasteiger partial charge in [0, 0.05) is 6.54 Å². The summed E-state index contributed by atoms with van der Waals surface area (Å²) >= 11 is 8.87. The van der Waals surface area contributed by atoms with Crippen LogP contribution in [-0.2, 0) is 6.54 Å². The fraction of sp³-hybridized carbons (Fsp3) is 0.500. The molecular weight excluding hydrogens is 255 g/mol. The zero-order chi connectivity index (χ0) is 9.42. The molecule has 1 fully saturated rings. The van der Waals surface area contributed by atoms with Gasteiger partial charge in [0.25, 0.3) is 5.56 Å². The molecule has 5 heteroatoms. The number of halogens is 2. The summed E-state index contributed by atoms with van der Waals surface area (Å²) < 4.78 is 1.91. The molecule has 1 aliphatic carbocycles. The summed E-state index contributed by atoms with van der Waals surface area (Å²) in [7, 11) is 0. The van der Waals surface area contributed by atoms with E-state index in [0.717, 1.165) is 0 Å². The van der Waals surface area contributed by atoms with E-state index in [0.29, 0.717) is 22.1 Å². The molecule has 0 bridgehead atoms. The van der Waals surface area contributed by atoms with Gasteiger partial charge in [0.2, 0.25) is 0 Å². The van der Waals surface area contributed by atoms with Crippen LogP contribution in [0.15, 0.2) is 15.3 Å². The summed E-state index contributed by atoms with van der Waals surface area (Å²) in [6.45, 7) is 0.692. The lowest BCUT2D eigenvalue weighted by Gasteiger charge is -2.03. The smallest absolute Gasteiger partial charge is 0.267 e. The second-order valence-corrected chi connectivity index (χ2v) is 4.49. The molecule has 70 valence electrons. The van der Waals surface area contributed by atoms with E-state index in [2.05, 4.69) is 21.0 Å². The van der Waals surface area contributed by atoms with Crippen molar-refractivity contribution in [2.75, 3.05) is 0 Å². The molecule has 0 amide bonds. The second-order valence-electron chi connectivity index (χ2n) is 3.25. The van der Waals surface area contributed by atoms with Crippen LogP contribution in [0, 0.1) is 5.92 Å². The first kappa shape index (κ1) is 9.21. The lowest BCUT2D eigenvalue weighted by molar-refractivity contribution is 0.531. The van der Waals surface area contributed by atoms with E-state index in [-0.39, 0.29) is 5.56 Å². The number of nitrogens with zero attached hydrogens (tertiary/aromatic N) is 2. The van der Waals surface area contributed by atoms with E-state index < -0.39 is 0 Å². The van der Waals surface area contributed by atoms with Crippen molar-refractivity contribution in [1.29, 1.82) is 0 Å². The number of hydrogen-bond donors (Lipinski definition) is 0. The van der Waals surface area contributed by atoms with Crippen molar-refractivity contribution < 1.29 is 0 Å². The maximum atomic E-state index is 11.5. The highest BCUT2D eigenvalue weighted by atomic mass is 79.9. The van der Waals surface area contributed by atoms with E-state index >= 15 is 0 Å².